The summed E-state index contributed by atoms with van der Waals surface area (Å²) < 4.78 is 44.5. The Morgan fingerprint density at radius 1 is 1.04 bits per heavy atom. The molecular weight excluding hydrogens is 345 g/mol. The van der Waals surface area contributed by atoms with Gasteiger partial charge in [-0.25, -0.2) is 0 Å². The predicted molar refractivity (Wildman–Crippen MR) is 95.4 cm³/mol. The molecule has 0 atom stereocenters. The van der Waals surface area contributed by atoms with E-state index in [1.54, 1.807) is 0 Å². The summed E-state index contributed by atoms with van der Waals surface area (Å²) >= 11 is 0. The second kappa shape index (κ2) is 8.60. The van der Waals surface area contributed by atoms with Crippen molar-refractivity contribution in [2.75, 3.05) is 17.2 Å². The lowest BCUT2D eigenvalue weighted by atomic mass is 10.1. The number of nitrogens with one attached hydrogen (secondary N) is 2. The zero-order valence-electron chi connectivity index (χ0n) is 14.6. The Balaban J connectivity index is 1.93. The monoisotopic (exact) mass is 366 g/mol. The molecule has 2 N–H and O–H groups in total. The highest BCUT2D eigenvalue weighted by atomic mass is 19.4. The van der Waals surface area contributed by atoms with Gasteiger partial charge in [0.15, 0.2) is 0 Å². The van der Waals surface area contributed by atoms with Gasteiger partial charge < -0.3 is 15.4 Å². The molecule has 2 aromatic carbocycles. The first-order valence-electron chi connectivity index (χ1n) is 8.23. The largest absolute Gasteiger partial charge is 0.489 e. The molecule has 26 heavy (non-hydrogen) atoms. The van der Waals surface area contributed by atoms with E-state index in [2.05, 4.69) is 10.6 Å². The van der Waals surface area contributed by atoms with Crippen molar-refractivity contribution in [3.8, 4) is 5.75 Å². The first kappa shape index (κ1) is 19.6. The molecule has 0 fully saturated rings. The van der Waals surface area contributed by atoms with Crippen molar-refractivity contribution >= 4 is 17.3 Å². The first-order chi connectivity index (χ1) is 12.3. The minimum absolute atomic E-state index is 0.000110. The van der Waals surface area contributed by atoms with Crippen LogP contribution in [-0.4, -0.2) is 18.6 Å². The van der Waals surface area contributed by atoms with Crippen LogP contribution in [0.4, 0.5) is 24.5 Å². The van der Waals surface area contributed by atoms with E-state index in [1.807, 2.05) is 38.1 Å². The molecule has 0 aliphatic carbocycles. The Bertz CT molecular complexity index is 746. The van der Waals surface area contributed by atoms with Crippen LogP contribution in [0.25, 0.3) is 0 Å². The highest BCUT2D eigenvalue weighted by Crippen LogP contribution is 2.34. The van der Waals surface area contributed by atoms with E-state index in [0.29, 0.717) is 5.75 Å². The third-order valence-corrected chi connectivity index (χ3v) is 3.42. The topological polar surface area (TPSA) is 50.4 Å². The summed E-state index contributed by atoms with van der Waals surface area (Å²) in [5.41, 5.74) is -0.379. The molecule has 140 valence electrons. The lowest BCUT2D eigenvalue weighted by Gasteiger charge is -2.16. The van der Waals surface area contributed by atoms with Gasteiger partial charge in [-0.1, -0.05) is 24.3 Å². The average molecular weight is 366 g/mol. The number of carbonyl (C=O) groups is 1. The molecule has 0 aliphatic heterocycles. The van der Waals surface area contributed by atoms with E-state index in [-0.39, 0.29) is 24.8 Å². The van der Waals surface area contributed by atoms with Crippen molar-refractivity contribution in [3.63, 3.8) is 0 Å². The number of ether oxygens (including phenoxy) is 1. The van der Waals surface area contributed by atoms with Gasteiger partial charge in [0.2, 0.25) is 5.91 Å². The van der Waals surface area contributed by atoms with Crippen molar-refractivity contribution < 1.29 is 22.7 Å². The van der Waals surface area contributed by atoms with E-state index in [1.165, 1.54) is 18.2 Å². The van der Waals surface area contributed by atoms with Crippen LogP contribution < -0.4 is 15.4 Å². The Morgan fingerprint density at radius 2 is 1.65 bits per heavy atom. The Kier molecular flexibility index (Phi) is 6.49. The van der Waals surface area contributed by atoms with Crippen LogP contribution in [0.15, 0.2) is 48.5 Å². The minimum atomic E-state index is -4.52. The number of halogens is 3. The van der Waals surface area contributed by atoms with Crippen LogP contribution >= 0.6 is 0 Å². The Morgan fingerprint density at radius 3 is 2.31 bits per heavy atom. The van der Waals surface area contributed by atoms with Crippen molar-refractivity contribution in [3.05, 3.63) is 54.1 Å². The fourth-order valence-electron chi connectivity index (χ4n) is 2.33. The summed E-state index contributed by atoms with van der Waals surface area (Å²) in [6, 6.07) is 12.2. The Hall–Kier alpha value is -2.70. The maximum absolute atomic E-state index is 12.9. The van der Waals surface area contributed by atoms with Crippen LogP contribution in [0.2, 0.25) is 0 Å². The molecule has 0 spiro atoms. The maximum Gasteiger partial charge on any atom is 0.418 e. The molecule has 0 saturated heterocycles. The van der Waals surface area contributed by atoms with Gasteiger partial charge in [-0.3, -0.25) is 4.79 Å². The third kappa shape index (κ3) is 5.68. The number of amides is 1. The zero-order chi connectivity index (χ0) is 19.2. The van der Waals surface area contributed by atoms with Crippen molar-refractivity contribution in [1.29, 1.82) is 0 Å². The molecule has 0 radical (unpaired) electrons. The molecule has 0 heterocycles. The smallest absolute Gasteiger partial charge is 0.418 e. The fourth-order valence-corrected chi connectivity index (χ4v) is 2.33. The van der Waals surface area contributed by atoms with Crippen LogP contribution in [0.5, 0.6) is 5.75 Å². The molecule has 1 amide bonds. The lowest BCUT2D eigenvalue weighted by molar-refractivity contribution is -0.137. The number of rotatable bonds is 7. The molecule has 0 bridgehead atoms. The molecule has 0 unspecified atom stereocenters. The molecule has 7 heteroatoms. The summed E-state index contributed by atoms with van der Waals surface area (Å²) in [5.74, 6) is 0.154. The minimum Gasteiger partial charge on any atom is -0.489 e. The van der Waals surface area contributed by atoms with Gasteiger partial charge >= 0.3 is 6.18 Å². The molecule has 2 aromatic rings. The van der Waals surface area contributed by atoms with Gasteiger partial charge in [-0.15, -0.1) is 0 Å². The number of anilines is 2. The van der Waals surface area contributed by atoms with Crippen LogP contribution in [0.3, 0.4) is 0 Å². The van der Waals surface area contributed by atoms with Gasteiger partial charge in [0.05, 0.1) is 23.0 Å². The molecule has 0 aliphatic rings. The number of alkyl halides is 3. The SMILES string of the molecule is CC(C)Oc1ccccc1NCCC(=O)Nc1ccccc1C(F)(F)F. The van der Waals surface area contributed by atoms with E-state index < -0.39 is 17.6 Å². The maximum atomic E-state index is 12.9. The van der Waals surface area contributed by atoms with Gasteiger partial charge in [0.25, 0.3) is 0 Å². The predicted octanol–water partition coefficient (Wildman–Crippen LogP) is 4.93. The normalized spacial score (nSPS) is 11.3. The van der Waals surface area contributed by atoms with Crippen molar-refractivity contribution in [2.24, 2.45) is 0 Å². The highest BCUT2D eigenvalue weighted by Gasteiger charge is 2.33. The van der Waals surface area contributed by atoms with Crippen LogP contribution in [0.1, 0.15) is 25.8 Å². The van der Waals surface area contributed by atoms with Gasteiger partial charge in [0, 0.05) is 13.0 Å². The Labute approximate surface area is 150 Å². The van der Waals surface area contributed by atoms with Crippen molar-refractivity contribution in [1.82, 2.24) is 0 Å². The number of hydrogen-bond acceptors (Lipinski definition) is 3. The number of carbonyl (C=O) groups excluding carboxylic acids is 1. The number of benzene rings is 2. The standard InChI is InChI=1S/C19H21F3N2O2/c1-13(2)26-17-10-6-5-9-16(17)23-12-11-18(25)24-15-8-4-3-7-14(15)19(20,21)22/h3-10,13,23H,11-12H2,1-2H3,(H,24,25). The van der Waals surface area contributed by atoms with Crippen molar-refractivity contribution in [2.45, 2.75) is 32.5 Å². The molecule has 2 rings (SSSR count). The molecular formula is C19H21F3N2O2. The van der Waals surface area contributed by atoms with E-state index >= 15 is 0 Å². The van der Waals surface area contributed by atoms with E-state index in [4.69, 9.17) is 4.74 Å². The first-order valence-corrected chi connectivity index (χ1v) is 8.23. The second-order valence-electron chi connectivity index (χ2n) is 5.93. The third-order valence-electron chi connectivity index (χ3n) is 3.42. The van der Waals surface area contributed by atoms with Gasteiger partial charge in [0.1, 0.15) is 5.75 Å². The highest BCUT2D eigenvalue weighted by molar-refractivity contribution is 5.91. The number of para-hydroxylation sites is 3. The quantitative estimate of drug-likeness (QED) is 0.730. The van der Waals surface area contributed by atoms with E-state index in [0.717, 1.165) is 11.8 Å². The number of hydrogen-bond donors (Lipinski definition) is 2. The summed E-state index contributed by atoms with van der Waals surface area (Å²) in [5, 5.41) is 5.39. The summed E-state index contributed by atoms with van der Waals surface area (Å²) in [6.07, 6.45) is -4.50. The lowest BCUT2D eigenvalue weighted by Crippen LogP contribution is -2.19. The molecule has 4 nitrogen and oxygen atoms in total. The van der Waals surface area contributed by atoms with Crippen LogP contribution in [0, 0.1) is 0 Å². The average Bonchev–Trinajstić information content (AvgIpc) is 2.55. The molecule has 0 saturated carbocycles. The van der Waals surface area contributed by atoms with E-state index in [9.17, 15) is 18.0 Å². The van der Waals surface area contributed by atoms with Gasteiger partial charge in [-0.05, 0) is 38.1 Å². The summed E-state index contributed by atoms with van der Waals surface area (Å²) in [7, 11) is 0. The van der Waals surface area contributed by atoms with Crippen LogP contribution in [-0.2, 0) is 11.0 Å². The summed E-state index contributed by atoms with van der Waals surface area (Å²) in [6.45, 7) is 4.07. The van der Waals surface area contributed by atoms with Gasteiger partial charge in [-0.2, -0.15) is 13.2 Å². The zero-order valence-corrected chi connectivity index (χ0v) is 14.6. The molecule has 0 aromatic heterocycles. The summed E-state index contributed by atoms with van der Waals surface area (Å²) in [4.78, 5) is 12.0. The fraction of sp³-hybridized carbons (Fsp3) is 0.316. The second-order valence-corrected chi connectivity index (χ2v) is 5.93.